The van der Waals surface area contributed by atoms with Gasteiger partial charge in [-0.25, -0.2) is 0 Å². The van der Waals surface area contributed by atoms with E-state index in [-0.39, 0.29) is 11.0 Å². The average molecular weight is 275 g/mol. The first-order chi connectivity index (χ1) is 9.22. The molecular formula is C12H13N5OS. The first kappa shape index (κ1) is 13.2. The van der Waals surface area contributed by atoms with Crippen molar-refractivity contribution in [3.63, 3.8) is 0 Å². The number of fused-ring (bicyclic) bond motifs is 1. The number of para-hydroxylation sites is 1. The van der Waals surface area contributed by atoms with E-state index >= 15 is 0 Å². The highest BCUT2D eigenvalue weighted by Gasteiger charge is 2.09. The Balaban J connectivity index is 2.19. The van der Waals surface area contributed by atoms with E-state index in [0.717, 1.165) is 17.3 Å². The lowest BCUT2D eigenvalue weighted by Gasteiger charge is -1.94. The van der Waals surface area contributed by atoms with Crippen molar-refractivity contribution in [3.05, 3.63) is 24.3 Å². The fraction of sp³-hybridized carbons (Fsp3) is 0.167. The Morgan fingerprint density at radius 3 is 3.05 bits per heavy atom. The maximum absolute atomic E-state index is 9.76. The van der Waals surface area contributed by atoms with Crippen LogP contribution in [0.4, 0.5) is 5.69 Å². The van der Waals surface area contributed by atoms with E-state index in [0.29, 0.717) is 5.69 Å². The third-order valence-electron chi connectivity index (χ3n) is 2.33. The van der Waals surface area contributed by atoms with E-state index in [1.807, 2.05) is 31.2 Å². The SMILES string of the molecule is CCC=NNC(=S)N=Nc1c(O)[nH]c2ccccc12. The van der Waals surface area contributed by atoms with E-state index in [1.54, 1.807) is 6.21 Å². The van der Waals surface area contributed by atoms with Crippen molar-refractivity contribution >= 4 is 40.1 Å². The van der Waals surface area contributed by atoms with Gasteiger partial charge in [0.15, 0.2) is 5.69 Å². The van der Waals surface area contributed by atoms with E-state index in [2.05, 4.69) is 25.7 Å². The van der Waals surface area contributed by atoms with Gasteiger partial charge in [-0.1, -0.05) is 25.1 Å². The van der Waals surface area contributed by atoms with E-state index in [1.165, 1.54) is 0 Å². The molecule has 3 N–H and O–H groups in total. The largest absolute Gasteiger partial charge is 0.493 e. The monoisotopic (exact) mass is 275 g/mol. The number of aromatic nitrogens is 1. The third kappa shape index (κ3) is 3.14. The van der Waals surface area contributed by atoms with Gasteiger partial charge in [0.05, 0.1) is 5.52 Å². The molecule has 2 rings (SSSR count). The number of aromatic hydroxyl groups is 1. The fourth-order valence-electron chi connectivity index (χ4n) is 1.52. The second-order valence-electron chi connectivity index (χ2n) is 3.70. The number of hydrogen-bond donors (Lipinski definition) is 3. The first-order valence-corrected chi connectivity index (χ1v) is 6.16. The van der Waals surface area contributed by atoms with Crippen LogP contribution in [-0.2, 0) is 0 Å². The molecule has 1 aromatic carbocycles. The zero-order valence-electron chi connectivity index (χ0n) is 10.3. The van der Waals surface area contributed by atoms with Crippen LogP contribution in [0.3, 0.4) is 0 Å². The molecule has 0 aliphatic rings. The molecule has 98 valence electrons. The van der Waals surface area contributed by atoms with Gasteiger partial charge in [-0.2, -0.15) is 5.10 Å². The molecule has 2 aromatic rings. The van der Waals surface area contributed by atoms with Crippen molar-refractivity contribution in [1.29, 1.82) is 0 Å². The summed E-state index contributed by atoms with van der Waals surface area (Å²) in [6, 6.07) is 7.41. The number of nitrogens with zero attached hydrogens (tertiary/aromatic N) is 3. The lowest BCUT2D eigenvalue weighted by molar-refractivity contribution is 0.459. The van der Waals surface area contributed by atoms with Gasteiger partial charge in [0.1, 0.15) is 0 Å². The predicted molar refractivity (Wildman–Crippen MR) is 79.0 cm³/mol. The Hall–Kier alpha value is -2.28. The molecule has 0 saturated heterocycles. The molecule has 0 unspecified atom stereocenters. The summed E-state index contributed by atoms with van der Waals surface area (Å²) in [6.07, 6.45) is 2.47. The van der Waals surface area contributed by atoms with Crippen molar-refractivity contribution in [2.75, 3.05) is 0 Å². The second kappa shape index (κ2) is 6.05. The molecule has 0 amide bonds. The number of hydrogen-bond acceptors (Lipinski definition) is 4. The number of benzene rings is 1. The van der Waals surface area contributed by atoms with Gasteiger partial charge in [-0.05, 0) is 24.7 Å². The molecular weight excluding hydrogens is 262 g/mol. The summed E-state index contributed by atoms with van der Waals surface area (Å²) in [7, 11) is 0. The van der Waals surface area contributed by atoms with E-state index < -0.39 is 0 Å². The summed E-state index contributed by atoms with van der Waals surface area (Å²) in [4.78, 5) is 2.81. The summed E-state index contributed by atoms with van der Waals surface area (Å²) >= 11 is 4.93. The smallest absolute Gasteiger partial charge is 0.234 e. The quantitative estimate of drug-likeness (QED) is 0.348. The van der Waals surface area contributed by atoms with Gasteiger partial charge in [0.25, 0.3) is 0 Å². The van der Waals surface area contributed by atoms with E-state index in [9.17, 15) is 5.11 Å². The molecule has 0 fully saturated rings. The maximum atomic E-state index is 9.76. The van der Waals surface area contributed by atoms with Crippen LogP contribution in [0.15, 0.2) is 39.6 Å². The number of thiocarbonyl (C=S) groups is 1. The van der Waals surface area contributed by atoms with Gasteiger partial charge in [0, 0.05) is 11.6 Å². The van der Waals surface area contributed by atoms with E-state index in [4.69, 9.17) is 12.2 Å². The van der Waals surface area contributed by atoms with Crippen molar-refractivity contribution in [2.24, 2.45) is 15.3 Å². The van der Waals surface area contributed by atoms with Crippen molar-refractivity contribution < 1.29 is 5.11 Å². The summed E-state index contributed by atoms with van der Waals surface area (Å²) in [5.41, 5.74) is 3.71. The van der Waals surface area contributed by atoms with Crippen molar-refractivity contribution in [3.8, 4) is 5.88 Å². The Kier molecular flexibility index (Phi) is 4.19. The van der Waals surface area contributed by atoms with Gasteiger partial charge < -0.3 is 10.1 Å². The molecule has 0 radical (unpaired) electrons. The molecule has 7 heteroatoms. The minimum atomic E-state index is -0.0372. The first-order valence-electron chi connectivity index (χ1n) is 5.75. The molecule has 1 heterocycles. The summed E-state index contributed by atoms with van der Waals surface area (Å²) in [6.45, 7) is 1.96. The molecule has 0 bridgehead atoms. The molecule has 0 atom stereocenters. The molecule has 6 nitrogen and oxygen atoms in total. The Morgan fingerprint density at radius 2 is 2.26 bits per heavy atom. The molecule has 0 aliphatic carbocycles. The summed E-state index contributed by atoms with van der Waals surface area (Å²) in [5, 5.41) is 22.2. The zero-order valence-corrected chi connectivity index (χ0v) is 11.1. The molecule has 0 saturated carbocycles. The van der Waals surface area contributed by atoms with Crippen LogP contribution in [0.5, 0.6) is 5.88 Å². The van der Waals surface area contributed by atoms with Crippen LogP contribution in [0, 0.1) is 0 Å². The lowest BCUT2D eigenvalue weighted by Crippen LogP contribution is -2.11. The summed E-state index contributed by atoms with van der Waals surface area (Å²) in [5.74, 6) is -0.0372. The number of H-pyrrole nitrogens is 1. The number of aromatic amines is 1. The topological polar surface area (TPSA) is 85.1 Å². The van der Waals surface area contributed by atoms with Gasteiger partial charge in [-0.15, -0.1) is 10.2 Å². The molecule has 0 spiro atoms. The predicted octanol–water partition coefficient (Wildman–Crippen LogP) is 3.23. The minimum Gasteiger partial charge on any atom is -0.493 e. The summed E-state index contributed by atoms with van der Waals surface area (Å²) < 4.78 is 0. The number of azo groups is 1. The van der Waals surface area contributed by atoms with Crippen LogP contribution < -0.4 is 5.43 Å². The highest BCUT2D eigenvalue weighted by atomic mass is 32.1. The van der Waals surface area contributed by atoms with Gasteiger partial charge in [0.2, 0.25) is 11.0 Å². The Morgan fingerprint density at radius 1 is 1.47 bits per heavy atom. The normalized spacial score (nSPS) is 11.6. The van der Waals surface area contributed by atoms with Crippen LogP contribution in [0.25, 0.3) is 10.9 Å². The van der Waals surface area contributed by atoms with Crippen molar-refractivity contribution in [1.82, 2.24) is 10.4 Å². The third-order valence-corrected chi connectivity index (χ3v) is 2.51. The second-order valence-corrected chi connectivity index (χ2v) is 4.09. The lowest BCUT2D eigenvalue weighted by atomic mass is 10.2. The standard InChI is InChI=1S/C12H13N5OS/c1-2-7-13-16-12(19)17-15-10-8-5-3-4-6-9(8)14-11(10)18/h3-7,14,18H,2H2,1H3,(H,16,19). The van der Waals surface area contributed by atoms with Crippen LogP contribution in [0.2, 0.25) is 0 Å². The van der Waals surface area contributed by atoms with Gasteiger partial charge in [-0.3, -0.25) is 5.43 Å². The number of nitrogens with one attached hydrogen (secondary N) is 2. The Bertz CT molecular complexity index is 647. The fourth-order valence-corrected chi connectivity index (χ4v) is 1.62. The van der Waals surface area contributed by atoms with Crippen LogP contribution in [0.1, 0.15) is 13.3 Å². The maximum Gasteiger partial charge on any atom is 0.234 e. The van der Waals surface area contributed by atoms with Crippen molar-refractivity contribution in [2.45, 2.75) is 13.3 Å². The molecule has 19 heavy (non-hydrogen) atoms. The highest BCUT2D eigenvalue weighted by molar-refractivity contribution is 7.80. The molecule has 1 aromatic heterocycles. The van der Waals surface area contributed by atoms with Crippen LogP contribution in [-0.4, -0.2) is 21.4 Å². The van der Waals surface area contributed by atoms with Gasteiger partial charge >= 0.3 is 0 Å². The number of hydrazone groups is 1. The Labute approximate surface area is 115 Å². The number of rotatable bonds is 3. The average Bonchev–Trinajstić information content (AvgIpc) is 2.72. The van der Waals surface area contributed by atoms with Crippen LogP contribution >= 0.6 is 12.2 Å². The minimum absolute atomic E-state index is 0.0372. The molecule has 0 aliphatic heterocycles. The zero-order chi connectivity index (χ0) is 13.7. The highest BCUT2D eigenvalue weighted by Crippen LogP contribution is 2.34.